The summed E-state index contributed by atoms with van der Waals surface area (Å²) in [5.41, 5.74) is 0. The van der Waals surface area contributed by atoms with Gasteiger partial charge in [0.1, 0.15) is 0 Å². The average molecular weight is 206 g/mol. The third-order valence-electron chi connectivity index (χ3n) is 1.88. The summed E-state index contributed by atoms with van der Waals surface area (Å²) < 4.78 is 55.8. The molecule has 0 bridgehead atoms. The van der Waals surface area contributed by atoms with E-state index in [0.29, 0.717) is 12.8 Å². The normalized spacial score (nSPS) is 15.7. The molecule has 1 saturated carbocycles. The van der Waals surface area contributed by atoms with E-state index in [-0.39, 0.29) is 12.2 Å². The van der Waals surface area contributed by atoms with Gasteiger partial charge < -0.3 is 4.74 Å². The number of benzene rings is 1. The largest absolute Gasteiger partial charge is 0.484 e. The smallest absolute Gasteiger partial charge is 0.203 e. The SMILES string of the molecule is Fc1cc(F)c(F)c(OC2CC2)c1F. The minimum absolute atomic E-state index is 0.157. The monoisotopic (exact) mass is 206 g/mol. The van der Waals surface area contributed by atoms with Crippen LogP contribution in [-0.2, 0) is 0 Å². The molecule has 1 aliphatic carbocycles. The van der Waals surface area contributed by atoms with Gasteiger partial charge in [-0.25, -0.2) is 8.78 Å². The fourth-order valence-electron chi connectivity index (χ4n) is 1.01. The lowest BCUT2D eigenvalue weighted by Crippen LogP contribution is -2.04. The maximum absolute atomic E-state index is 12.9. The summed E-state index contributed by atoms with van der Waals surface area (Å²) in [4.78, 5) is 0. The molecule has 76 valence electrons. The lowest BCUT2D eigenvalue weighted by atomic mass is 10.3. The molecule has 0 aromatic heterocycles. The minimum Gasteiger partial charge on any atom is -0.484 e. The Hall–Kier alpha value is -1.26. The van der Waals surface area contributed by atoms with Crippen LogP contribution in [0, 0.1) is 23.3 Å². The van der Waals surface area contributed by atoms with Crippen LogP contribution in [0.5, 0.6) is 5.75 Å². The van der Waals surface area contributed by atoms with Gasteiger partial charge in [0.05, 0.1) is 6.10 Å². The van der Waals surface area contributed by atoms with Gasteiger partial charge in [0, 0.05) is 6.07 Å². The zero-order valence-corrected chi connectivity index (χ0v) is 6.99. The molecule has 5 heteroatoms. The molecule has 0 atom stereocenters. The molecule has 1 aliphatic rings. The van der Waals surface area contributed by atoms with Crippen molar-refractivity contribution in [1.29, 1.82) is 0 Å². The first-order valence-corrected chi connectivity index (χ1v) is 4.09. The Balaban J connectivity index is 2.42. The summed E-state index contributed by atoms with van der Waals surface area (Å²) in [5, 5.41) is 0. The number of rotatable bonds is 2. The molecule has 1 aromatic carbocycles. The van der Waals surface area contributed by atoms with Gasteiger partial charge in [0.15, 0.2) is 17.4 Å². The van der Waals surface area contributed by atoms with E-state index in [1.165, 1.54) is 0 Å². The maximum atomic E-state index is 12.9. The molecule has 0 amide bonds. The first-order valence-electron chi connectivity index (χ1n) is 4.09. The van der Waals surface area contributed by atoms with E-state index < -0.39 is 29.0 Å². The highest BCUT2D eigenvalue weighted by Crippen LogP contribution is 2.32. The van der Waals surface area contributed by atoms with Crippen molar-refractivity contribution in [2.45, 2.75) is 18.9 Å². The van der Waals surface area contributed by atoms with Crippen LogP contribution in [0.4, 0.5) is 17.6 Å². The number of ether oxygens (including phenoxy) is 1. The van der Waals surface area contributed by atoms with Gasteiger partial charge in [-0.3, -0.25) is 0 Å². The second-order valence-corrected chi connectivity index (χ2v) is 3.11. The lowest BCUT2D eigenvalue weighted by Gasteiger charge is -2.07. The summed E-state index contributed by atoms with van der Waals surface area (Å²) in [6.07, 6.45) is 0.980. The Morgan fingerprint density at radius 1 is 1.00 bits per heavy atom. The molecule has 0 radical (unpaired) electrons. The van der Waals surface area contributed by atoms with Crippen LogP contribution in [-0.4, -0.2) is 6.10 Å². The van der Waals surface area contributed by atoms with Crippen LogP contribution in [0.1, 0.15) is 12.8 Å². The zero-order valence-electron chi connectivity index (χ0n) is 6.99. The summed E-state index contributed by atoms with van der Waals surface area (Å²) in [6.45, 7) is 0. The van der Waals surface area contributed by atoms with E-state index in [2.05, 4.69) is 0 Å². The summed E-state index contributed by atoms with van der Waals surface area (Å²) in [5.74, 6) is -6.80. The van der Waals surface area contributed by atoms with E-state index in [4.69, 9.17) is 4.74 Å². The zero-order chi connectivity index (χ0) is 10.3. The van der Waals surface area contributed by atoms with E-state index in [9.17, 15) is 17.6 Å². The maximum Gasteiger partial charge on any atom is 0.203 e. The van der Waals surface area contributed by atoms with E-state index in [1.807, 2.05) is 0 Å². The van der Waals surface area contributed by atoms with Crippen molar-refractivity contribution in [2.24, 2.45) is 0 Å². The molecule has 1 nitrogen and oxygen atoms in total. The van der Waals surface area contributed by atoms with Gasteiger partial charge in [-0.15, -0.1) is 0 Å². The molecule has 0 spiro atoms. The average Bonchev–Trinajstić information content (AvgIpc) is 2.93. The van der Waals surface area contributed by atoms with Crippen molar-refractivity contribution in [2.75, 3.05) is 0 Å². The predicted molar refractivity (Wildman–Crippen MR) is 39.9 cm³/mol. The topological polar surface area (TPSA) is 9.23 Å². The lowest BCUT2D eigenvalue weighted by molar-refractivity contribution is 0.259. The number of hydrogen-bond acceptors (Lipinski definition) is 1. The highest BCUT2D eigenvalue weighted by molar-refractivity contribution is 5.29. The van der Waals surface area contributed by atoms with Gasteiger partial charge in [-0.05, 0) is 12.8 Å². The molecular formula is C9H6F4O. The Morgan fingerprint density at radius 2 is 1.50 bits per heavy atom. The molecule has 0 aliphatic heterocycles. The molecule has 1 aromatic rings. The van der Waals surface area contributed by atoms with Gasteiger partial charge in [0.2, 0.25) is 11.6 Å². The first kappa shape index (κ1) is 9.30. The van der Waals surface area contributed by atoms with Crippen molar-refractivity contribution >= 4 is 0 Å². The van der Waals surface area contributed by atoms with Gasteiger partial charge in [0.25, 0.3) is 0 Å². The second kappa shape index (κ2) is 3.15. The van der Waals surface area contributed by atoms with Crippen LogP contribution < -0.4 is 4.74 Å². The summed E-state index contributed by atoms with van der Waals surface area (Å²) >= 11 is 0. The Labute approximate surface area is 77.3 Å². The first-order chi connectivity index (χ1) is 6.59. The van der Waals surface area contributed by atoms with E-state index in [1.54, 1.807) is 0 Å². The molecule has 0 N–H and O–H groups in total. The fourth-order valence-corrected chi connectivity index (χ4v) is 1.01. The van der Waals surface area contributed by atoms with Gasteiger partial charge in [-0.2, -0.15) is 8.78 Å². The van der Waals surface area contributed by atoms with E-state index >= 15 is 0 Å². The van der Waals surface area contributed by atoms with Crippen LogP contribution in [0.3, 0.4) is 0 Å². The molecule has 14 heavy (non-hydrogen) atoms. The molecule has 0 heterocycles. The summed E-state index contributed by atoms with van der Waals surface area (Å²) in [6, 6.07) is 0.157. The van der Waals surface area contributed by atoms with Crippen molar-refractivity contribution < 1.29 is 22.3 Å². The van der Waals surface area contributed by atoms with Crippen molar-refractivity contribution in [3.05, 3.63) is 29.3 Å². The highest BCUT2D eigenvalue weighted by atomic mass is 19.2. The minimum atomic E-state index is -1.48. The summed E-state index contributed by atoms with van der Waals surface area (Å²) in [7, 11) is 0. The number of hydrogen-bond donors (Lipinski definition) is 0. The van der Waals surface area contributed by atoms with Crippen LogP contribution in [0.15, 0.2) is 6.07 Å². The molecule has 2 rings (SSSR count). The van der Waals surface area contributed by atoms with Crippen LogP contribution >= 0.6 is 0 Å². The Morgan fingerprint density at radius 3 is 1.93 bits per heavy atom. The molecule has 0 unspecified atom stereocenters. The second-order valence-electron chi connectivity index (χ2n) is 3.11. The quantitative estimate of drug-likeness (QED) is 0.534. The fraction of sp³-hybridized carbons (Fsp3) is 0.333. The molecular weight excluding hydrogens is 200 g/mol. The van der Waals surface area contributed by atoms with Gasteiger partial charge in [-0.1, -0.05) is 0 Å². The van der Waals surface area contributed by atoms with Crippen molar-refractivity contribution in [3.63, 3.8) is 0 Å². The van der Waals surface area contributed by atoms with Gasteiger partial charge >= 0.3 is 0 Å². The third kappa shape index (κ3) is 1.54. The van der Waals surface area contributed by atoms with Crippen molar-refractivity contribution in [1.82, 2.24) is 0 Å². The van der Waals surface area contributed by atoms with Crippen molar-refractivity contribution in [3.8, 4) is 5.75 Å². The van der Waals surface area contributed by atoms with Crippen LogP contribution in [0.2, 0.25) is 0 Å². The predicted octanol–water partition coefficient (Wildman–Crippen LogP) is 2.78. The molecule has 0 saturated heterocycles. The van der Waals surface area contributed by atoms with Crippen LogP contribution in [0.25, 0.3) is 0 Å². The number of halogens is 4. The molecule has 1 fully saturated rings. The Bertz CT molecular complexity index is 347. The third-order valence-corrected chi connectivity index (χ3v) is 1.88. The Kier molecular flexibility index (Phi) is 2.09. The van der Waals surface area contributed by atoms with E-state index in [0.717, 1.165) is 0 Å². The highest BCUT2D eigenvalue weighted by Gasteiger charge is 2.29. The standard InChI is InChI=1S/C9H6F4O/c10-5-3-6(11)8(13)9(7(5)12)14-4-1-2-4/h3-4H,1-2H2.